The van der Waals surface area contributed by atoms with Crippen LogP contribution < -0.4 is 4.74 Å². The molecule has 0 radical (unpaired) electrons. The molecule has 0 saturated carbocycles. The van der Waals surface area contributed by atoms with Gasteiger partial charge < -0.3 is 4.74 Å². The van der Waals surface area contributed by atoms with Gasteiger partial charge in [0.25, 0.3) is 0 Å². The monoisotopic (exact) mass is 328 g/mol. The number of carbonyl (C=O) groups excluding carboxylic acids is 1. The number of benzene rings is 2. The van der Waals surface area contributed by atoms with Gasteiger partial charge in [-0.05, 0) is 36.8 Å². The second kappa shape index (κ2) is 6.62. The molecule has 0 spiro atoms. The summed E-state index contributed by atoms with van der Waals surface area (Å²) in [6, 6.07) is 14.0. The highest BCUT2D eigenvalue weighted by molar-refractivity contribution is 5.81. The van der Waals surface area contributed by atoms with Crippen molar-refractivity contribution in [3.05, 3.63) is 65.9 Å². The van der Waals surface area contributed by atoms with Crippen LogP contribution in [-0.2, 0) is 0 Å². The molecule has 2 aromatic carbocycles. The van der Waals surface area contributed by atoms with Gasteiger partial charge in [0.2, 0.25) is 0 Å². The fourth-order valence-corrected chi connectivity index (χ4v) is 2.44. The number of para-hydroxylation sites is 1. The van der Waals surface area contributed by atoms with Crippen LogP contribution >= 0.6 is 0 Å². The smallest absolute Gasteiger partial charge is 0.387 e. The highest BCUT2D eigenvalue weighted by Crippen LogP contribution is 2.29. The number of halogens is 2. The summed E-state index contributed by atoms with van der Waals surface area (Å²) in [7, 11) is 0. The summed E-state index contributed by atoms with van der Waals surface area (Å²) in [6.45, 7) is -1.12. The summed E-state index contributed by atoms with van der Waals surface area (Å²) in [5.41, 5.74) is 3.07. The van der Waals surface area contributed by atoms with Crippen LogP contribution in [0.2, 0.25) is 0 Å². The first kappa shape index (κ1) is 15.9. The van der Waals surface area contributed by atoms with E-state index in [1.807, 2.05) is 43.5 Å². The minimum Gasteiger partial charge on any atom is -0.434 e. The molecule has 0 aliphatic carbocycles. The molecule has 1 heterocycles. The van der Waals surface area contributed by atoms with Crippen LogP contribution in [0.25, 0.3) is 16.9 Å². The van der Waals surface area contributed by atoms with Crippen LogP contribution in [0.5, 0.6) is 5.75 Å². The Labute approximate surface area is 137 Å². The SMILES string of the molecule is Cc1cn(-c2ccccc2)nc1-c1ccc(C=O)c(OC(F)F)c1. The van der Waals surface area contributed by atoms with Gasteiger partial charge in [-0.2, -0.15) is 13.9 Å². The van der Waals surface area contributed by atoms with Crippen LogP contribution in [0.1, 0.15) is 15.9 Å². The fraction of sp³-hybridized carbons (Fsp3) is 0.111. The zero-order valence-corrected chi connectivity index (χ0v) is 12.8. The van der Waals surface area contributed by atoms with E-state index in [1.165, 1.54) is 12.1 Å². The van der Waals surface area contributed by atoms with Crippen LogP contribution in [0, 0.1) is 6.92 Å². The molecule has 0 saturated heterocycles. The van der Waals surface area contributed by atoms with E-state index in [-0.39, 0.29) is 11.3 Å². The van der Waals surface area contributed by atoms with Gasteiger partial charge in [0.15, 0.2) is 6.29 Å². The molecule has 1 aromatic heterocycles. The van der Waals surface area contributed by atoms with Gasteiger partial charge in [-0.1, -0.05) is 24.3 Å². The van der Waals surface area contributed by atoms with Gasteiger partial charge >= 0.3 is 6.61 Å². The first-order chi connectivity index (χ1) is 11.6. The first-order valence-corrected chi connectivity index (χ1v) is 7.24. The molecule has 0 bridgehead atoms. The van der Waals surface area contributed by atoms with E-state index in [0.717, 1.165) is 11.3 Å². The van der Waals surface area contributed by atoms with Crippen molar-refractivity contribution in [2.75, 3.05) is 0 Å². The van der Waals surface area contributed by atoms with Gasteiger partial charge in [0.1, 0.15) is 5.75 Å². The second-order valence-electron chi connectivity index (χ2n) is 5.19. The minimum absolute atomic E-state index is 0.0687. The molecule has 3 aromatic rings. The Morgan fingerprint density at radius 2 is 1.92 bits per heavy atom. The van der Waals surface area contributed by atoms with Crippen molar-refractivity contribution in [3.63, 3.8) is 0 Å². The summed E-state index contributed by atoms with van der Waals surface area (Å²) >= 11 is 0. The average molecular weight is 328 g/mol. The van der Waals surface area contributed by atoms with Crippen molar-refractivity contribution in [2.24, 2.45) is 0 Å². The molecule has 122 valence electrons. The fourth-order valence-electron chi connectivity index (χ4n) is 2.44. The molecule has 0 atom stereocenters. The van der Waals surface area contributed by atoms with Gasteiger partial charge in [0.05, 0.1) is 16.9 Å². The molecular weight excluding hydrogens is 314 g/mol. The molecule has 24 heavy (non-hydrogen) atoms. The molecule has 0 fully saturated rings. The summed E-state index contributed by atoms with van der Waals surface area (Å²) in [5.74, 6) is -0.161. The molecule has 6 heteroatoms. The number of hydrogen-bond donors (Lipinski definition) is 0. The van der Waals surface area contributed by atoms with Gasteiger partial charge in [-0.25, -0.2) is 4.68 Å². The van der Waals surface area contributed by atoms with Crippen LogP contribution in [0.4, 0.5) is 8.78 Å². The van der Waals surface area contributed by atoms with Gasteiger partial charge in [-0.3, -0.25) is 4.79 Å². The standard InChI is InChI=1S/C18H14F2N2O2/c1-12-10-22(15-5-3-2-4-6-15)21-17(12)13-7-8-14(11-23)16(9-13)24-18(19)20/h2-11,18H,1H3. The lowest BCUT2D eigenvalue weighted by Crippen LogP contribution is -2.04. The maximum absolute atomic E-state index is 12.5. The zero-order valence-electron chi connectivity index (χ0n) is 12.8. The van der Waals surface area contributed by atoms with E-state index < -0.39 is 6.61 Å². The Balaban J connectivity index is 2.03. The van der Waals surface area contributed by atoms with Crippen molar-refractivity contribution in [1.82, 2.24) is 9.78 Å². The average Bonchev–Trinajstić information content (AvgIpc) is 2.97. The Kier molecular flexibility index (Phi) is 4.37. The number of carbonyl (C=O) groups is 1. The number of alkyl halides is 2. The van der Waals surface area contributed by atoms with Crippen molar-refractivity contribution in [3.8, 4) is 22.7 Å². The van der Waals surface area contributed by atoms with Crippen molar-refractivity contribution in [1.29, 1.82) is 0 Å². The number of aryl methyl sites for hydroxylation is 1. The normalized spacial score (nSPS) is 10.8. The number of aromatic nitrogens is 2. The van der Waals surface area contributed by atoms with Crippen molar-refractivity contribution in [2.45, 2.75) is 13.5 Å². The highest BCUT2D eigenvalue weighted by atomic mass is 19.3. The molecule has 0 N–H and O–H groups in total. The van der Waals surface area contributed by atoms with Crippen LogP contribution in [0.15, 0.2) is 54.7 Å². The van der Waals surface area contributed by atoms with E-state index in [1.54, 1.807) is 10.7 Å². The quantitative estimate of drug-likeness (QED) is 0.657. The maximum Gasteiger partial charge on any atom is 0.387 e. The summed E-state index contributed by atoms with van der Waals surface area (Å²) in [4.78, 5) is 11.0. The highest BCUT2D eigenvalue weighted by Gasteiger charge is 2.14. The molecule has 4 nitrogen and oxygen atoms in total. The predicted octanol–water partition coefficient (Wildman–Crippen LogP) is 4.26. The molecular formula is C18H14F2N2O2. The van der Waals surface area contributed by atoms with Crippen molar-refractivity contribution >= 4 is 6.29 Å². The summed E-state index contributed by atoms with van der Waals surface area (Å²) in [5, 5.41) is 4.51. The summed E-state index contributed by atoms with van der Waals surface area (Å²) in [6.07, 6.45) is 2.34. The Bertz CT molecular complexity index is 861. The van der Waals surface area contributed by atoms with Crippen molar-refractivity contribution < 1.29 is 18.3 Å². The molecule has 0 amide bonds. The largest absolute Gasteiger partial charge is 0.434 e. The maximum atomic E-state index is 12.5. The lowest BCUT2D eigenvalue weighted by Gasteiger charge is -2.09. The van der Waals surface area contributed by atoms with E-state index in [4.69, 9.17) is 0 Å². The lowest BCUT2D eigenvalue weighted by atomic mass is 10.1. The number of hydrogen-bond acceptors (Lipinski definition) is 3. The Morgan fingerprint density at radius 3 is 2.58 bits per heavy atom. The zero-order chi connectivity index (χ0) is 17.1. The number of ether oxygens (including phenoxy) is 1. The van der Waals surface area contributed by atoms with Crippen LogP contribution in [-0.4, -0.2) is 22.7 Å². The van der Waals surface area contributed by atoms with Gasteiger partial charge in [0, 0.05) is 11.8 Å². The molecule has 0 aliphatic heterocycles. The first-order valence-electron chi connectivity index (χ1n) is 7.24. The third-order valence-corrected chi connectivity index (χ3v) is 3.55. The topological polar surface area (TPSA) is 44.1 Å². The van der Waals surface area contributed by atoms with E-state index in [9.17, 15) is 13.6 Å². The van der Waals surface area contributed by atoms with E-state index in [0.29, 0.717) is 17.5 Å². The van der Waals surface area contributed by atoms with Gasteiger partial charge in [-0.15, -0.1) is 0 Å². The number of rotatable bonds is 5. The van der Waals surface area contributed by atoms with E-state index >= 15 is 0 Å². The molecule has 0 unspecified atom stereocenters. The number of aldehydes is 1. The third-order valence-electron chi connectivity index (χ3n) is 3.55. The Morgan fingerprint density at radius 1 is 1.17 bits per heavy atom. The molecule has 3 rings (SSSR count). The van der Waals surface area contributed by atoms with E-state index in [2.05, 4.69) is 9.84 Å². The van der Waals surface area contributed by atoms with Crippen LogP contribution in [0.3, 0.4) is 0 Å². The lowest BCUT2D eigenvalue weighted by molar-refractivity contribution is -0.0500. The number of nitrogens with zero attached hydrogens (tertiary/aromatic N) is 2. The molecule has 0 aliphatic rings. The second-order valence-corrected chi connectivity index (χ2v) is 5.19. The Hall–Kier alpha value is -3.02. The third kappa shape index (κ3) is 3.17. The minimum atomic E-state index is -3.00. The predicted molar refractivity (Wildman–Crippen MR) is 85.8 cm³/mol. The summed E-state index contributed by atoms with van der Waals surface area (Å²) < 4.78 is 31.2.